The number of hydrogen-bond acceptors (Lipinski definition) is 5. The molecular formula is C18H27N3O4. The lowest BCUT2D eigenvalue weighted by molar-refractivity contribution is -0.174. The van der Waals surface area contributed by atoms with Gasteiger partial charge in [-0.25, -0.2) is 4.79 Å². The Bertz CT molecular complexity index is 699. The molecule has 0 aliphatic carbocycles. The van der Waals surface area contributed by atoms with Crippen LogP contribution >= 0.6 is 0 Å². The number of likely N-dealkylation sites (tertiary alicyclic amines) is 1. The van der Waals surface area contributed by atoms with Crippen molar-refractivity contribution >= 4 is 5.91 Å². The van der Waals surface area contributed by atoms with Crippen LogP contribution in [0, 0.1) is 0 Å². The maximum atomic E-state index is 12.8. The van der Waals surface area contributed by atoms with Crippen LogP contribution < -0.4 is 5.69 Å². The van der Waals surface area contributed by atoms with Gasteiger partial charge in [-0.1, -0.05) is 20.8 Å². The van der Waals surface area contributed by atoms with Crippen molar-refractivity contribution in [1.82, 2.24) is 14.9 Å². The lowest BCUT2D eigenvalue weighted by Crippen LogP contribution is -2.56. The quantitative estimate of drug-likeness (QED) is 0.795. The summed E-state index contributed by atoms with van der Waals surface area (Å²) in [7, 11) is 0. The standard InChI is InChI=1S/C18H27N3O4/c1-17(2,3)13-11-12(19-16(24)20-13)15(23)21-8-6-18(7-9-21)14(22)5-4-10-25-18/h11,14,22H,4-10H2,1-3H3,(H,19,20,24)/t14-/m0/s1. The zero-order chi connectivity index (χ0) is 18.2. The lowest BCUT2D eigenvalue weighted by Gasteiger charge is -2.46. The molecule has 7 heteroatoms. The number of nitrogens with one attached hydrogen (secondary N) is 1. The van der Waals surface area contributed by atoms with Gasteiger partial charge >= 0.3 is 5.69 Å². The van der Waals surface area contributed by atoms with Crippen LogP contribution in [0.4, 0.5) is 0 Å². The van der Waals surface area contributed by atoms with Crippen molar-refractivity contribution < 1.29 is 14.6 Å². The average molecular weight is 349 g/mol. The maximum absolute atomic E-state index is 12.8. The number of carbonyl (C=O) groups excluding carboxylic acids is 1. The molecule has 2 N–H and O–H groups in total. The van der Waals surface area contributed by atoms with Gasteiger partial charge in [-0.3, -0.25) is 4.79 Å². The summed E-state index contributed by atoms with van der Waals surface area (Å²) in [6, 6.07) is 1.67. The van der Waals surface area contributed by atoms with Crippen LogP contribution in [0.15, 0.2) is 10.9 Å². The van der Waals surface area contributed by atoms with E-state index in [2.05, 4.69) is 9.97 Å². The molecule has 2 fully saturated rings. The van der Waals surface area contributed by atoms with Crippen LogP contribution in [0.3, 0.4) is 0 Å². The van der Waals surface area contributed by atoms with E-state index in [1.54, 1.807) is 11.0 Å². The number of H-pyrrole nitrogens is 1. The van der Waals surface area contributed by atoms with Crippen molar-refractivity contribution in [3.05, 3.63) is 27.9 Å². The second-order valence-corrected chi connectivity index (χ2v) is 8.10. The van der Waals surface area contributed by atoms with E-state index in [0.29, 0.717) is 38.2 Å². The Hall–Kier alpha value is -1.73. The normalized spacial score (nSPS) is 23.7. The number of carbonyl (C=O) groups is 1. The Morgan fingerprint density at radius 3 is 2.68 bits per heavy atom. The molecule has 1 spiro atoms. The van der Waals surface area contributed by atoms with Gasteiger partial charge in [-0.2, -0.15) is 4.98 Å². The first-order valence-corrected chi connectivity index (χ1v) is 8.94. The molecular weight excluding hydrogens is 322 g/mol. The summed E-state index contributed by atoms with van der Waals surface area (Å²) in [6.07, 6.45) is 2.37. The van der Waals surface area contributed by atoms with Crippen molar-refractivity contribution in [3.8, 4) is 0 Å². The first-order chi connectivity index (χ1) is 11.7. The van der Waals surface area contributed by atoms with Crippen LogP contribution in [0.25, 0.3) is 0 Å². The average Bonchev–Trinajstić information content (AvgIpc) is 2.56. The molecule has 0 bridgehead atoms. The van der Waals surface area contributed by atoms with Crippen molar-refractivity contribution in [2.45, 2.75) is 63.6 Å². The van der Waals surface area contributed by atoms with Gasteiger partial charge < -0.3 is 19.7 Å². The number of aromatic nitrogens is 2. The van der Waals surface area contributed by atoms with E-state index in [1.807, 2.05) is 20.8 Å². The first kappa shape index (κ1) is 18.1. The molecule has 2 saturated heterocycles. The Morgan fingerprint density at radius 2 is 2.08 bits per heavy atom. The minimum absolute atomic E-state index is 0.176. The number of nitrogens with zero attached hydrogens (tertiary/aromatic N) is 2. The molecule has 3 rings (SSSR count). The monoisotopic (exact) mass is 349 g/mol. The fraction of sp³-hybridized carbons (Fsp3) is 0.722. The molecule has 1 aromatic heterocycles. The lowest BCUT2D eigenvalue weighted by atomic mass is 9.82. The second kappa shape index (κ2) is 6.53. The number of hydrogen-bond donors (Lipinski definition) is 2. The summed E-state index contributed by atoms with van der Waals surface area (Å²) in [5, 5.41) is 10.3. The Kier molecular flexibility index (Phi) is 4.72. The molecule has 25 heavy (non-hydrogen) atoms. The van der Waals surface area contributed by atoms with E-state index in [9.17, 15) is 14.7 Å². The SMILES string of the molecule is CC(C)(C)c1cc(C(=O)N2CCC3(CC2)OCCC[C@@H]3O)nc(=O)[nH]1. The van der Waals surface area contributed by atoms with Crippen LogP contribution in [0.2, 0.25) is 0 Å². The number of amides is 1. The van der Waals surface area contributed by atoms with E-state index >= 15 is 0 Å². The van der Waals surface area contributed by atoms with Crippen molar-refractivity contribution in [2.75, 3.05) is 19.7 Å². The highest BCUT2D eigenvalue weighted by Gasteiger charge is 2.44. The molecule has 3 heterocycles. The number of piperidine rings is 1. The zero-order valence-corrected chi connectivity index (χ0v) is 15.2. The number of ether oxygens (including phenoxy) is 1. The van der Waals surface area contributed by atoms with E-state index in [1.165, 1.54) is 0 Å². The molecule has 0 saturated carbocycles. The number of aliphatic hydroxyl groups is 1. The van der Waals surface area contributed by atoms with E-state index in [0.717, 1.165) is 12.8 Å². The zero-order valence-electron chi connectivity index (χ0n) is 15.2. The van der Waals surface area contributed by atoms with Crippen molar-refractivity contribution in [2.24, 2.45) is 0 Å². The summed E-state index contributed by atoms with van der Waals surface area (Å²) >= 11 is 0. The molecule has 0 radical (unpaired) electrons. The molecule has 0 aromatic carbocycles. The van der Waals surface area contributed by atoms with Gasteiger partial charge in [0, 0.05) is 30.8 Å². The third-order valence-electron chi connectivity index (χ3n) is 5.29. The van der Waals surface area contributed by atoms with Crippen LogP contribution in [-0.2, 0) is 10.2 Å². The van der Waals surface area contributed by atoms with Gasteiger partial charge in [0.2, 0.25) is 0 Å². The topological polar surface area (TPSA) is 95.5 Å². The summed E-state index contributed by atoms with van der Waals surface area (Å²) in [5.74, 6) is -0.239. The van der Waals surface area contributed by atoms with E-state index in [4.69, 9.17) is 4.74 Å². The maximum Gasteiger partial charge on any atom is 0.345 e. The van der Waals surface area contributed by atoms with Crippen LogP contribution in [0.1, 0.15) is 62.6 Å². The fourth-order valence-electron chi connectivity index (χ4n) is 3.61. The molecule has 2 aliphatic heterocycles. The number of rotatable bonds is 1. The van der Waals surface area contributed by atoms with Crippen molar-refractivity contribution in [1.29, 1.82) is 0 Å². The predicted molar refractivity (Wildman–Crippen MR) is 92.6 cm³/mol. The molecule has 0 unspecified atom stereocenters. The highest BCUT2D eigenvalue weighted by molar-refractivity contribution is 5.92. The van der Waals surface area contributed by atoms with Gasteiger partial charge in [0.15, 0.2) is 0 Å². The van der Waals surface area contributed by atoms with Crippen LogP contribution in [-0.4, -0.2) is 57.3 Å². The minimum atomic E-state index is -0.521. The smallest absolute Gasteiger partial charge is 0.345 e. The van der Waals surface area contributed by atoms with Gasteiger partial charge in [0.05, 0.1) is 11.7 Å². The largest absolute Gasteiger partial charge is 0.390 e. The second-order valence-electron chi connectivity index (χ2n) is 8.10. The first-order valence-electron chi connectivity index (χ1n) is 8.94. The minimum Gasteiger partial charge on any atom is -0.390 e. The van der Waals surface area contributed by atoms with Crippen LogP contribution in [0.5, 0.6) is 0 Å². The highest BCUT2D eigenvalue weighted by atomic mass is 16.5. The predicted octanol–water partition coefficient (Wildman–Crippen LogP) is 1.21. The van der Waals surface area contributed by atoms with Crippen molar-refractivity contribution in [3.63, 3.8) is 0 Å². The van der Waals surface area contributed by atoms with Gasteiger partial charge in [0.1, 0.15) is 5.69 Å². The Balaban J connectivity index is 1.75. The third-order valence-corrected chi connectivity index (χ3v) is 5.29. The molecule has 1 aromatic rings. The van der Waals surface area contributed by atoms with Gasteiger partial charge in [-0.15, -0.1) is 0 Å². The Morgan fingerprint density at radius 1 is 1.40 bits per heavy atom. The fourth-order valence-corrected chi connectivity index (χ4v) is 3.61. The summed E-state index contributed by atoms with van der Waals surface area (Å²) in [4.78, 5) is 32.9. The molecule has 2 aliphatic rings. The summed E-state index contributed by atoms with van der Waals surface area (Å²) in [6.45, 7) is 7.57. The molecule has 7 nitrogen and oxygen atoms in total. The molecule has 1 amide bonds. The summed E-state index contributed by atoms with van der Waals surface area (Å²) in [5.41, 5.74) is -0.434. The third kappa shape index (κ3) is 3.62. The molecule has 138 valence electrons. The highest BCUT2D eigenvalue weighted by Crippen LogP contribution is 2.35. The van der Waals surface area contributed by atoms with Gasteiger partial charge in [0.25, 0.3) is 5.91 Å². The Labute approximate surface area is 147 Å². The van der Waals surface area contributed by atoms with E-state index < -0.39 is 17.4 Å². The number of aromatic amines is 1. The molecule has 1 atom stereocenters. The van der Waals surface area contributed by atoms with E-state index in [-0.39, 0.29) is 17.0 Å². The van der Waals surface area contributed by atoms with Gasteiger partial charge in [-0.05, 0) is 31.7 Å². The summed E-state index contributed by atoms with van der Waals surface area (Å²) < 4.78 is 5.88. The number of aliphatic hydroxyl groups excluding tert-OH is 1.